The van der Waals surface area contributed by atoms with E-state index in [-0.39, 0.29) is 5.91 Å². The molecule has 0 atom stereocenters. The Hall–Kier alpha value is -1.65. The van der Waals surface area contributed by atoms with Gasteiger partial charge in [0, 0.05) is 6.42 Å². The Morgan fingerprint density at radius 3 is 2.65 bits per heavy atom. The van der Waals surface area contributed by atoms with Crippen molar-refractivity contribution in [3.8, 4) is 0 Å². The quantitative estimate of drug-likeness (QED) is 0.661. The molecule has 104 valence electrons. The Labute approximate surface area is 127 Å². The number of nitrogens with one attached hydrogen (secondary N) is 1. The molecular formula is C15H15ClN2OS. The molecule has 2 aromatic rings. The molecule has 5 heteroatoms. The van der Waals surface area contributed by atoms with Gasteiger partial charge in [-0.15, -0.1) is 11.3 Å². The van der Waals surface area contributed by atoms with E-state index in [0.29, 0.717) is 17.2 Å². The van der Waals surface area contributed by atoms with E-state index >= 15 is 0 Å². The fraction of sp³-hybridized carbons (Fsp3) is 0.200. The first-order chi connectivity index (χ1) is 9.65. The van der Waals surface area contributed by atoms with Crippen molar-refractivity contribution in [2.45, 2.75) is 19.8 Å². The van der Waals surface area contributed by atoms with Crippen molar-refractivity contribution in [3.05, 3.63) is 57.2 Å². The molecule has 1 aromatic heterocycles. The zero-order chi connectivity index (χ0) is 14.4. The molecule has 0 bridgehead atoms. The normalized spacial score (nSPS) is 11.4. The summed E-state index contributed by atoms with van der Waals surface area (Å²) in [7, 11) is 0. The third-order valence-electron chi connectivity index (χ3n) is 2.76. The van der Waals surface area contributed by atoms with Crippen molar-refractivity contribution >= 4 is 34.6 Å². The van der Waals surface area contributed by atoms with Crippen LogP contribution in [0.4, 0.5) is 0 Å². The van der Waals surface area contributed by atoms with Gasteiger partial charge < -0.3 is 0 Å². The minimum Gasteiger partial charge on any atom is -0.273 e. The molecule has 0 aliphatic rings. The van der Waals surface area contributed by atoms with Gasteiger partial charge in [0.05, 0.1) is 14.9 Å². The van der Waals surface area contributed by atoms with Gasteiger partial charge in [0.25, 0.3) is 0 Å². The summed E-state index contributed by atoms with van der Waals surface area (Å²) >= 11 is 7.30. The predicted molar refractivity (Wildman–Crippen MR) is 84.4 cm³/mol. The average molecular weight is 307 g/mol. The SMILES string of the molecule is C/C(=N\NC(=O)CCc1ccccc1)c1ccc(Cl)s1. The van der Waals surface area contributed by atoms with E-state index in [4.69, 9.17) is 11.6 Å². The van der Waals surface area contributed by atoms with Gasteiger partial charge in [-0.25, -0.2) is 5.43 Å². The van der Waals surface area contributed by atoms with Crippen LogP contribution in [0.15, 0.2) is 47.6 Å². The smallest absolute Gasteiger partial charge is 0.240 e. The van der Waals surface area contributed by atoms with Gasteiger partial charge in [0.1, 0.15) is 0 Å². The number of hydrogen-bond donors (Lipinski definition) is 1. The fourth-order valence-electron chi connectivity index (χ4n) is 1.67. The van der Waals surface area contributed by atoms with E-state index in [2.05, 4.69) is 10.5 Å². The zero-order valence-electron chi connectivity index (χ0n) is 11.1. The predicted octanol–water partition coefficient (Wildman–Crippen LogP) is 3.87. The Morgan fingerprint density at radius 2 is 2.00 bits per heavy atom. The molecule has 2 rings (SSSR count). The van der Waals surface area contributed by atoms with Gasteiger partial charge in [-0.2, -0.15) is 5.10 Å². The Morgan fingerprint density at radius 1 is 1.25 bits per heavy atom. The van der Waals surface area contributed by atoms with Crippen molar-refractivity contribution < 1.29 is 4.79 Å². The van der Waals surface area contributed by atoms with Crippen LogP contribution in [0.5, 0.6) is 0 Å². The summed E-state index contributed by atoms with van der Waals surface area (Å²) in [5.74, 6) is -0.0872. The average Bonchev–Trinajstić information content (AvgIpc) is 2.90. The number of rotatable bonds is 5. The lowest BCUT2D eigenvalue weighted by molar-refractivity contribution is -0.121. The van der Waals surface area contributed by atoms with Gasteiger partial charge in [0.15, 0.2) is 0 Å². The summed E-state index contributed by atoms with van der Waals surface area (Å²) in [6.45, 7) is 1.85. The van der Waals surface area contributed by atoms with Crippen molar-refractivity contribution in [2.24, 2.45) is 5.10 Å². The molecule has 0 aliphatic carbocycles. The number of aryl methyl sites for hydroxylation is 1. The van der Waals surface area contributed by atoms with Crippen molar-refractivity contribution in [1.82, 2.24) is 5.43 Å². The van der Waals surface area contributed by atoms with Crippen LogP contribution >= 0.6 is 22.9 Å². The van der Waals surface area contributed by atoms with Crippen LogP contribution in [0.3, 0.4) is 0 Å². The van der Waals surface area contributed by atoms with Gasteiger partial charge >= 0.3 is 0 Å². The lowest BCUT2D eigenvalue weighted by atomic mass is 10.1. The third-order valence-corrected chi connectivity index (χ3v) is 4.10. The largest absolute Gasteiger partial charge is 0.273 e. The van der Waals surface area contributed by atoms with Gasteiger partial charge in [-0.05, 0) is 31.0 Å². The van der Waals surface area contributed by atoms with Crippen molar-refractivity contribution in [1.29, 1.82) is 0 Å². The maximum atomic E-state index is 11.7. The molecule has 0 fully saturated rings. The monoisotopic (exact) mass is 306 g/mol. The summed E-state index contributed by atoms with van der Waals surface area (Å²) < 4.78 is 0.713. The number of hydrazone groups is 1. The molecule has 1 aromatic carbocycles. The summed E-state index contributed by atoms with van der Waals surface area (Å²) in [6.07, 6.45) is 1.14. The molecule has 0 unspecified atom stereocenters. The highest BCUT2D eigenvalue weighted by atomic mass is 35.5. The first-order valence-electron chi connectivity index (χ1n) is 6.28. The second-order valence-corrected chi connectivity index (χ2v) is 6.04. The van der Waals surface area contributed by atoms with E-state index in [1.54, 1.807) is 0 Å². The van der Waals surface area contributed by atoms with E-state index in [1.807, 2.05) is 49.4 Å². The standard InChI is InChI=1S/C15H15ClN2OS/c1-11(13-8-9-14(16)20-13)17-18-15(19)10-7-12-5-3-2-4-6-12/h2-6,8-9H,7,10H2,1H3,(H,18,19)/b17-11+. The number of carbonyl (C=O) groups excluding carboxylic acids is 1. The summed E-state index contributed by atoms with van der Waals surface area (Å²) in [5, 5.41) is 4.09. The second kappa shape index (κ2) is 7.22. The van der Waals surface area contributed by atoms with Crippen LogP contribution in [0.2, 0.25) is 4.34 Å². The summed E-state index contributed by atoms with van der Waals surface area (Å²) in [5.41, 5.74) is 4.48. The minimum atomic E-state index is -0.0872. The summed E-state index contributed by atoms with van der Waals surface area (Å²) in [6, 6.07) is 13.6. The van der Waals surface area contributed by atoms with Crippen LogP contribution in [0.1, 0.15) is 23.8 Å². The maximum absolute atomic E-state index is 11.7. The number of amides is 1. The topological polar surface area (TPSA) is 41.5 Å². The lowest BCUT2D eigenvalue weighted by Crippen LogP contribution is -2.19. The molecule has 0 saturated heterocycles. The van der Waals surface area contributed by atoms with E-state index in [9.17, 15) is 4.79 Å². The number of hydrogen-bond acceptors (Lipinski definition) is 3. The lowest BCUT2D eigenvalue weighted by Gasteiger charge is -2.02. The zero-order valence-corrected chi connectivity index (χ0v) is 12.7. The number of benzene rings is 1. The highest BCUT2D eigenvalue weighted by Gasteiger charge is 2.04. The summed E-state index contributed by atoms with van der Waals surface area (Å²) in [4.78, 5) is 12.7. The minimum absolute atomic E-state index is 0.0872. The molecule has 0 aliphatic heterocycles. The van der Waals surface area contributed by atoms with E-state index in [0.717, 1.165) is 16.2 Å². The number of nitrogens with zero attached hydrogens (tertiary/aromatic N) is 1. The molecule has 20 heavy (non-hydrogen) atoms. The Bertz CT molecular complexity index is 607. The number of thiophene rings is 1. The highest BCUT2D eigenvalue weighted by Crippen LogP contribution is 2.21. The molecule has 1 amide bonds. The molecule has 3 nitrogen and oxygen atoms in total. The Kier molecular flexibility index (Phi) is 5.32. The Balaban J connectivity index is 1.83. The van der Waals surface area contributed by atoms with Crippen LogP contribution in [0.25, 0.3) is 0 Å². The van der Waals surface area contributed by atoms with Crippen LogP contribution in [-0.4, -0.2) is 11.6 Å². The van der Waals surface area contributed by atoms with Crippen LogP contribution < -0.4 is 5.43 Å². The molecule has 0 radical (unpaired) electrons. The van der Waals surface area contributed by atoms with E-state index < -0.39 is 0 Å². The van der Waals surface area contributed by atoms with Crippen LogP contribution in [-0.2, 0) is 11.2 Å². The van der Waals surface area contributed by atoms with Gasteiger partial charge in [-0.1, -0.05) is 41.9 Å². The first kappa shape index (κ1) is 14.8. The van der Waals surface area contributed by atoms with Crippen molar-refractivity contribution in [3.63, 3.8) is 0 Å². The molecular weight excluding hydrogens is 292 g/mol. The molecule has 1 N–H and O–H groups in total. The van der Waals surface area contributed by atoms with Crippen LogP contribution in [0, 0.1) is 0 Å². The van der Waals surface area contributed by atoms with Gasteiger partial charge in [-0.3, -0.25) is 4.79 Å². The number of halogens is 1. The van der Waals surface area contributed by atoms with E-state index in [1.165, 1.54) is 11.3 Å². The molecule has 0 saturated carbocycles. The molecule has 0 spiro atoms. The second-order valence-electron chi connectivity index (χ2n) is 4.32. The van der Waals surface area contributed by atoms with Crippen molar-refractivity contribution in [2.75, 3.05) is 0 Å². The van der Waals surface area contributed by atoms with Gasteiger partial charge in [0.2, 0.25) is 5.91 Å². The highest BCUT2D eigenvalue weighted by molar-refractivity contribution is 7.18. The molecule has 1 heterocycles. The third kappa shape index (κ3) is 4.47. The maximum Gasteiger partial charge on any atom is 0.240 e. The fourth-order valence-corrected chi connectivity index (χ4v) is 2.66. The first-order valence-corrected chi connectivity index (χ1v) is 7.47. The number of carbonyl (C=O) groups is 1.